The maximum atomic E-state index is 12.2. The molecule has 7 heteroatoms. The summed E-state index contributed by atoms with van der Waals surface area (Å²) in [5.41, 5.74) is 2.21. The highest BCUT2D eigenvalue weighted by Gasteiger charge is 2.29. The fourth-order valence-corrected chi connectivity index (χ4v) is 3.36. The van der Waals surface area contributed by atoms with Crippen LogP contribution in [0, 0.1) is 0 Å². The molecule has 28 heavy (non-hydrogen) atoms. The molecule has 1 N–H and O–H groups in total. The number of amides is 1. The number of aromatic nitrogens is 3. The van der Waals surface area contributed by atoms with Gasteiger partial charge in [0.1, 0.15) is 17.1 Å². The number of nitrogens with one attached hydrogen (secondary N) is 1. The molecule has 0 aliphatic carbocycles. The summed E-state index contributed by atoms with van der Waals surface area (Å²) in [5.74, 6) is 0.791. The zero-order chi connectivity index (χ0) is 19.7. The van der Waals surface area contributed by atoms with Crippen molar-refractivity contribution in [3.63, 3.8) is 0 Å². The van der Waals surface area contributed by atoms with E-state index in [-0.39, 0.29) is 12.1 Å². The standard InChI is InChI=1S/C21H25N5O2/c1-21(2,3)28-20(27)25-12-10-15(14-25)23-18-8-6-7-16(24-18)17-13-22-19-9-4-5-11-26(17)19/h4-9,11,13,15H,10,12,14H2,1-3H3,(H,23,24). The van der Waals surface area contributed by atoms with Crippen LogP contribution in [0.25, 0.3) is 17.0 Å². The second-order valence-electron chi connectivity index (χ2n) is 8.04. The third kappa shape index (κ3) is 3.93. The second-order valence-corrected chi connectivity index (χ2v) is 8.04. The van der Waals surface area contributed by atoms with E-state index in [4.69, 9.17) is 9.72 Å². The summed E-state index contributed by atoms with van der Waals surface area (Å²) in [7, 11) is 0. The van der Waals surface area contributed by atoms with Gasteiger partial charge in [0.25, 0.3) is 0 Å². The highest BCUT2D eigenvalue weighted by molar-refractivity contribution is 5.69. The molecule has 0 aromatic carbocycles. The molecular formula is C21H25N5O2. The Balaban J connectivity index is 1.45. The van der Waals surface area contributed by atoms with Gasteiger partial charge >= 0.3 is 6.09 Å². The van der Waals surface area contributed by atoms with Crippen LogP contribution in [0.3, 0.4) is 0 Å². The number of nitrogens with zero attached hydrogens (tertiary/aromatic N) is 4. The maximum Gasteiger partial charge on any atom is 0.410 e. The SMILES string of the molecule is CC(C)(C)OC(=O)N1CCC(Nc2cccc(-c3cnc4ccccn34)n2)C1. The van der Waals surface area contributed by atoms with Crippen molar-refractivity contribution >= 4 is 17.6 Å². The van der Waals surface area contributed by atoms with Gasteiger partial charge in [-0.3, -0.25) is 4.40 Å². The Morgan fingerprint density at radius 3 is 2.89 bits per heavy atom. The van der Waals surface area contributed by atoms with Gasteiger partial charge < -0.3 is 15.0 Å². The van der Waals surface area contributed by atoms with Crippen LogP contribution < -0.4 is 5.32 Å². The number of carbonyl (C=O) groups excluding carboxylic acids is 1. The van der Waals surface area contributed by atoms with E-state index < -0.39 is 5.60 Å². The average Bonchev–Trinajstić information content (AvgIpc) is 3.27. The molecule has 1 unspecified atom stereocenters. The van der Waals surface area contributed by atoms with E-state index >= 15 is 0 Å². The number of likely N-dealkylation sites (tertiary alicyclic amines) is 1. The lowest BCUT2D eigenvalue weighted by Gasteiger charge is -2.24. The minimum Gasteiger partial charge on any atom is -0.444 e. The minimum atomic E-state index is -0.480. The molecule has 0 bridgehead atoms. The van der Waals surface area contributed by atoms with Crippen molar-refractivity contribution in [2.45, 2.75) is 38.8 Å². The lowest BCUT2D eigenvalue weighted by Crippen LogP contribution is -2.36. The number of carbonyl (C=O) groups is 1. The quantitative estimate of drug-likeness (QED) is 0.749. The number of anilines is 1. The number of hydrogen-bond acceptors (Lipinski definition) is 5. The van der Waals surface area contributed by atoms with Gasteiger partial charge in [0.2, 0.25) is 0 Å². The highest BCUT2D eigenvalue weighted by Crippen LogP contribution is 2.22. The van der Waals surface area contributed by atoms with Gasteiger partial charge in [0, 0.05) is 25.3 Å². The molecule has 7 nitrogen and oxygen atoms in total. The number of imidazole rings is 1. The number of pyridine rings is 2. The molecule has 4 heterocycles. The van der Waals surface area contributed by atoms with E-state index in [1.807, 2.05) is 74.0 Å². The predicted octanol–water partition coefficient (Wildman–Crippen LogP) is 3.82. The van der Waals surface area contributed by atoms with Crippen LogP contribution in [0.5, 0.6) is 0 Å². The topological polar surface area (TPSA) is 71.8 Å². The van der Waals surface area contributed by atoms with Crippen LogP contribution >= 0.6 is 0 Å². The van der Waals surface area contributed by atoms with Crippen LogP contribution in [0.4, 0.5) is 10.6 Å². The zero-order valence-corrected chi connectivity index (χ0v) is 16.4. The molecule has 3 aromatic heterocycles. The molecule has 0 radical (unpaired) electrons. The van der Waals surface area contributed by atoms with Gasteiger partial charge in [-0.15, -0.1) is 0 Å². The van der Waals surface area contributed by atoms with Crippen LogP contribution in [-0.4, -0.2) is 50.1 Å². The van der Waals surface area contributed by atoms with E-state index in [1.54, 1.807) is 4.90 Å². The Hall–Kier alpha value is -3.09. The Labute approximate surface area is 164 Å². The summed E-state index contributed by atoms with van der Waals surface area (Å²) in [6.07, 6.45) is 4.42. The highest BCUT2D eigenvalue weighted by atomic mass is 16.6. The smallest absolute Gasteiger partial charge is 0.410 e. The third-order valence-electron chi connectivity index (χ3n) is 4.62. The van der Waals surface area contributed by atoms with Crippen LogP contribution in [0.2, 0.25) is 0 Å². The van der Waals surface area contributed by atoms with E-state index in [0.29, 0.717) is 13.1 Å². The number of ether oxygens (including phenoxy) is 1. The van der Waals surface area contributed by atoms with E-state index in [2.05, 4.69) is 10.3 Å². The maximum absolute atomic E-state index is 12.2. The first-order chi connectivity index (χ1) is 13.4. The van der Waals surface area contributed by atoms with Crippen molar-refractivity contribution < 1.29 is 9.53 Å². The molecule has 1 atom stereocenters. The molecule has 1 fully saturated rings. The largest absolute Gasteiger partial charge is 0.444 e. The Bertz CT molecular complexity index is 992. The summed E-state index contributed by atoms with van der Waals surface area (Å²) in [5, 5.41) is 3.45. The fourth-order valence-electron chi connectivity index (χ4n) is 3.36. The monoisotopic (exact) mass is 379 g/mol. The van der Waals surface area contributed by atoms with E-state index in [9.17, 15) is 4.79 Å². The summed E-state index contributed by atoms with van der Waals surface area (Å²) in [6, 6.07) is 12.0. The normalized spacial score (nSPS) is 17.1. The van der Waals surface area contributed by atoms with Gasteiger partial charge in [-0.2, -0.15) is 0 Å². The van der Waals surface area contributed by atoms with Crippen molar-refractivity contribution in [1.29, 1.82) is 0 Å². The number of hydrogen-bond donors (Lipinski definition) is 1. The minimum absolute atomic E-state index is 0.150. The molecule has 1 amide bonds. The summed E-state index contributed by atoms with van der Waals surface area (Å²) >= 11 is 0. The fraction of sp³-hybridized carbons (Fsp3) is 0.381. The number of fused-ring (bicyclic) bond motifs is 1. The lowest BCUT2D eigenvalue weighted by molar-refractivity contribution is 0.0293. The average molecular weight is 379 g/mol. The Kier molecular flexibility index (Phi) is 4.66. The van der Waals surface area contributed by atoms with E-state index in [1.165, 1.54) is 0 Å². The van der Waals surface area contributed by atoms with Crippen LogP contribution in [-0.2, 0) is 4.74 Å². The second kappa shape index (κ2) is 7.14. The molecule has 0 spiro atoms. The van der Waals surface area contributed by atoms with Crippen LogP contribution in [0.1, 0.15) is 27.2 Å². The van der Waals surface area contributed by atoms with Gasteiger partial charge in [-0.25, -0.2) is 14.8 Å². The number of rotatable bonds is 3. The predicted molar refractivity (Wildman–Crippen MR) is 108 cm³/mol. The van der Waals surface area contributed by atoms with Gasteiger partial charge in [-0.1, -0.05) is 12.1 Å². The summed E-state index contributed by atoms with van der Waals surface area (Å²) in [6.45, 7) is 6.93. The van der Waals surface area contributed by atoms with Crippen molar-refractivity contribution in [1.82, 2.24) is 19.3 Å². The van der Waals surface area contributed by atoms with Gasteiger partial charge in [0.15, 0.2) is 0 Å². The third-order valence-corrected chi connectivity index (χ3v) is 4.62. The Morgan fingerprint density at radius 1 is 1.21 bits per heavy atom. The van der Waals surface area contributed by atoms with Crippen molar-refractivity contribution in [3.8, 4) is 11.4 Å². The first-order valence-corrected chi connectivity index (χ1v) is 9.53. The molecule has 0 saturated carbocycles. The zero-order valence-electron chi connectivity index (χ0n) is 16.4. The molecule has 3 aromatic rings. The van der Waals surface area contributed by atoms with Crippen molar-refractivity contribution in [3.05, 3.63) is 48.8 Å². The van der Waals surface area contributed by atoms with Crippen molar-refractivity contribution in [2.75, 3.05) is 18.4 Å². The lowest BCUT2D eigenvalue weighted by atomic mass is 10.2. The molecule has 1 aliphatic rings. The molecule has 4 rings (SSSR count). The molecular weight excluding hydrogens is 354 g/mol. The molecule has 1 saturated heterocycles. The Morgan fingerprint density at radius 2 is 2.07 bits per heavy atom. The van der Waals surface area contributed by atoms with Gasteiger partial charge in [0.05, 0.1) is 17.6 Å². The molecule has 146 valence electrons. The summed E-state index contributed by atoms with van der Waals surface area (Å²) < 4.78 is 7.48. The molecule has 1 aliphatic heterocycles. The first kappa shape index (κ1) is 18.3. The first-order valence-electron chi connectivity index (χ1n) is 9.53. The van der Waals surface area contributed by atoms with Gasteiger partial charge in [-0.05, 0) is 51.5 Å². The van der Waals surface area contributed by atoms with Crippen molar-refractivity contribution in [2.24, 2.45) is 0 Å². The van der Waals surface area contributed by atoms with E-state index in [0.717, 1.165) is 29.3 Å². The van der Waals surface area contributed by atoms with Crippen LogP contribution in [0.15, 0.2) is 48.8 Å². The summed E-state index contributed by atoms with van der Waals surface area (Å²) in [4.78, 5) is 23.2.